The number of benzene rings is 1. The highest BCUT2D eigenvalue weighted by atomic mass is 16.2. The summed E-state index contributed by atoms with van der Waals surface area (Å²) < 4.78 is 0. The Kier molecular flexibility index (Phi) is 3.95. The zero-order chi connectivity index (χ0) is 14.8. The Morgan fingerprint density at radius 2 is 1.95 bits per heavy atom. The molecule has 21 heavy (non-hydrogen) atoms. The first-order valence-corrected chi connectivity index (χ1v) is 7.82. The Morgan fingerprint density at radius 1 is 1.24 bits per heavy atom. The first-order chi connectivity index (χ1) is 10.2. The molecule has 2 fully saturated rings. The predicted molar refractivity (Wildman–Crippen MR) is 80.6 cm³/mol. The van der Waals surface area contributed by atoms with Gasteiger partial charge < -0.3 is 10.2 Å². The van der Waals surface area contributed by atoms with E-state index in [1.165, 1.54) is 0 Å². The highest BCUT2D eigenvalue weighted by Crippen LogP contribution is 2.32. The largest absolute Gasteiger partial charge is 0.352 e. The van der Waals surface area contributed by atoms with Gasteiger partial charge in [0.15, 0.2) is 0 Å². The van der Waals surface area contributed by atoms with Gasteiger partial charge in [-0.2, -0.15) is 0 Å². The van der Waals surface area contributed by atoms with Crippen LogP contribution in [0.4, 0.5) is 0 Å². The van der Waals surface area contributed by atoms with E-state index in [4.69, 9.17) is 0 Å². The number of rotatable bonds is 2. The van der Waals surface area contributed by atoms with Gasteiger partial charge >= 0.3 is 0 Å². The number of aryl methyl sites for hydroxylation is 1. The zero-order valence-electron chi connectivity index (χ0n) is 12.5. The van der Waals surface area contributed by atoms with Gasteiger partial charge in [0.05, 0.1) is 0 Å². The summed E-state index contributed by atoms with van der Waals surface area (Å²) in [6.45, 7) is 3.16. The predicted octanol–water partition coefficient (Wildman–Crippen LogP) is 2.18. The van der Waals surface area contributed by atoms with Gasteiger partial charge in [0.1, 0.15) is 6.04 Å². The number of carbonyl (C=O) groups is 2. The minimum atomic E-state index is -0.465. The van der Waals surface area contributed by atoms with Gasteiger partial charge in [-0.3, -0.25) is 9.59 Å². The third-order valence-electron chi connectivity index (χ3n) is 4.68. The van der Waals surface area contributed by atoms with Crippen molar-refractivity contribution in [3.63, 3.8) is 0 Å². The van der Waals surface area contributed by atoms with Gasteiger partial charge in [-0.25, -0.2) is 0 Å². The quantitative estimate of drug-likeness (QED) is 0.906. The number of hydrogen-bond acceptors (Lipinski definition) is 2. The lowest BCUT2D eigenvalue weighted by molar-refractivity contribution is -0.146. The average molecular weight is 286 g/mol. The molecule has 2 aliphatic rings. The van der Waals surface area contributed by atoms with Crippen LogP contribution in [0.5, 0.6) is 0 Å². The third kappa shape index (κ3) is 2.67. The van der Waals surface area contributed by atoms with Gasteiger partial charge in [-0.1, -0.05) is 37.1 Å². The van der Waals surface area contributed by atoms with Crippen LogP contribution in [-0.2, 0) is 9.59 Å². The van der Waals surface area contributed by atoms with Crippen molar-refractivity contribution in [3.05, 3.63) is 35.4 Å². The second kappa shape index (κ2) is 5.88. The van der Waals surface area contributed by atoms with Crippen molar-refractivity contribution in [3.8, 4) is 0 Å². The van der Waals surface area contributed by atoms with E-state index >= 15 is 0 Å². The molecule has 2 amide bonds. The summed E-state index contributed by atoms with van der Waals surface area (Å²) in [6, 6.07) is 7.38. The Hall–Kier alpha value is -1.84. The van der Waals surface area contributed by atoms with Crippen LogP contribution in [0.3, 0.4) is 0 Å². The van der Waals surface area contributed by atoms with Crippen molar-refractivity contribution in [2.75, 3.05) is 13.1 Å². The van der Waals surface area contributed by atoms with Crippen LogP contribution in [0.15, 0.2) is 24.3 Å². The van der Waals surface area contributed by atoms with Crippen LogP contribution in [0, 0.1) is 12.8 Å². The van der Waals surface area contributed by atoms with E-state index in [0.717, 1.165) is 36.8 Å². The summed E-state index contributed by atoms with van der Waals surface area (Å²) in [5, 5.41) is 2.90. The molecule has 4 nitrogen and oxygen atoms in total. The van der Waals surface area contributed by atoms with E-state index in [1.54, 1.807) is 4.90 Å². The van der Waals surface area contributed by atoms with E-state index < -0.39 is 6.04 Å². The van der Waals surface area contributed by atoms with E-state index in [0.29, 0.717) is 13.1 Å². The molecular formula is C17H22N2O2. The summed E-state index contributed by atoms with van der Waals surface area (Å²) in [5.41, 5.74) is 2.00. The van der Waals surface area contributed by atoms with Crippen molar-refractivity contribution in [1.82, 2.24) is 10.2 Å². The maximum Gasteiger partial charge on any atom is 0.247 e. The molecule has 4 heteroatoms. The number of nitrogens with one attached hydrogen (secondary N) is 1. The third-order valence-corrected chi connectivity index (χ3v) is 4.68. The summed E-state index contributed by atoms with van der Waals surface area (Å²) in [6.07, 6.45) is 4.20. The molecule has 1 aliphatic carbocycles. The van der Waals surface area contributed by atoms with Gasteiger partial charge in [-0.05, 0) is 30.9 Å². The van der Waals surface area contributed by atoms with Crippen molar-refractivity contribution >= 4 is 11.8 Å². The van der Waals surface area contributed by atoms with E-state index in [9.17, 15) is 9.59 Å². The number of amides is 2. The van der Waals surface area contributed by atoms with Crippen LogP contribution in [0.1, 0.15) is 42.9 Å². The molecule has 0 aromatic heterocycles. The lowest BCUT2D eigenvalue weighted by Gasteiger charge is -2.37. The van der Waals surface area contributed by atoms with Crippen molar-refractivity contribution in [1.29, 1.82) is 0 Å². The van der Waals surface area contributed by atoms with Crippen LogP contribution in [0.25, 0.3) is 0 Å². The second-order valence-corrected chi connectivity index (χ2v) is 6.06. The van der Waals surface area contributed by atoms with Crippen LogP contribution in [-0.4, -0.2) is 29.8 Å². The molecule has 1 aromatic carbocycles. The second-order valence-electron chi connectivity index (χ2n) is 6.06. The lowest BCUT2D eigenvalue weighted by Crippen LogP contribution is -2.53. The molecule has 112 valence electrons. The normalized spacial score (nSPS) is 23.2. The fourth-order valence-corrected chi connectivity index (χ4v) is 3.51. The van der Waals surface area contributed by atoms with E-state index in [-0.39, 0.29) is 17.7 Å². The van der Waals surface area contributed by atoms with Gasteiger partial charge in [-0.15, -0.1) is 0 Å². The molecule has 1 atom stereocenters. The Balaban J connectivity index is 1.91. The summed E-state index contributed by atoms with van der Waals surface area (Å²) in [4.78, 5) is 27.0. The highest BCUT2D eigenvalue weighted by molar-refractivity contribution is 5.91. The first-order valence-electron chi connectivity index (χ1n) is 7.82. The maximum absolute atomic E-state index is 12.8. The molecule has 1 saturated heterocycles. The van der Waals surface area contributed by atoms with Crippen LogP contribution >= 0.6 is 0 Å². The Labute approximate surface area is 125 Å². The fraction of sp³-hybridized carbons (Fsp3) is 0.529. The molecule has 0 spiro atoms. The summed E-state index contributed by atoms with van der Waals surface area (Å²) in [7, 11) is 0. The topological polar surface area (TPSA) is 49.4 Å². The lowest BCUT2D eigenvalue weighted by atomic mass is 9.95. The molecule has 1 saturated carbocycles. The Bertz CT molecular complexity index is 549. The SMILES string of the molecule is Cc1ccccc1C1C(=O)NCCN1C(=O)C1CCCC1. The maximum atomic E-state index is 12.8. The van der Waals surface area contributed by atoms with Crippen LogP contribution in [0.2, 0.25) is 0 Å². The molecule has 0 radical (unpaired) electrons. The molecular weight excluding hydrogens is 264 g/mol. The minimum absolute atomic E-state index is 0.0538. The number of piperazine rings is 1. The number of carbonyl (C=O) groups excluding carboxylic acids is 2. The molecule has 1 unspecified atom stereocenters. The van der Waals surface area contributed by atoms with Gasteiger partial charge in [0.25, 0.3) is 0 Å². The molecule has 3 rings (SSSR count). The molecule has 0 bridgehead atoms. The molecule has 1 N–H and O–H groups in total. The van der Waals surface area contributed by atoms with Crippen molar-refractivity contribution in [2.24, 2.45) is 5.92 Å². The minimum Gasteiger partial charge on any atom is -0.352 e. The monoisotopic (exact) mass is 286 g/mol. The molecule has 1 aliphatic heterocycles. The number of hydrogen-bond donors (Lipinski definition) is 1. The molecule has 1 aromatic rings. The van der Waals surface area contributed by atoms with Crippen LogP contribution < -0.4 is 5.32 Å². The van der Waals surface area contributed by atoms with E-state index in [1.807, 2.05) is 31.2 Å². The van der Waals surface area contributed by atoms with Crippen molar-refractivity contribution < 1.29 is 9.59 Å². The van der Waals surface area contributed by atoms with E-state index in [2.05, 4.69) is 5.32 Å². The number of nitrogens with zero attached hydrogens (tertiary/aromatic N) is 1. The first kappa shape index (κ1) is 14.1. The zero-order valence-corrected chi connectivity index (χ0v) is 12.5. The Morgan fingerprint density at radius 3 is 2.67 bits per heavy atom. The smallest absolute Gasteiger partial charge is 0.247 e. The van der Waals surface area contributed by atoms with Crippen molar-refractivity contribution in [2.45, 2.75) is 38.6 Å². The average Bonchev–Trinajstić information content (AvgIpc) is 3.01. The van der Waals surface area contributed by atoms with Gasteiger partial charge in [0.2, 0.25) is 11.8 Å². The standard InChI is InChI=1S/C17H22N2O2/c1-12-6-2-5-9-14(12)15-16(20)18-10-11-19(15)17(21)13-7-3-4-8-13/h2,5-6,9,13,15H,3-4,7-8,10-11H2,1H3,(H,18,20). The summed E-state index contributed by atoms with van der Waals surface area (Å²) >= 11 is 0. The molecule has 1 heterocycles. The highest BCUT2D eigenvalue weighted by Gasteiger charge is 2.38. The van der Waals surface area contributed by atoms with Gasteiger partial charge in [0, 0.05) is 19.0 Å². The summed E-state index contributed by atoms with van der Waals surface area (Å²) in [5.74, 6) is 0.222. The fourth-order valence-electron chi connectivity index (χ4n) is 3.51.